The first kappa shape index (κ1) is 18.6. The third-order valence-corrected chi connectivity index (χ3v) is 4.63. The molecular formula is C20H22N4O3. The number of rotatable bonds is 5. The summed E-state index contributed by atoms with van der Waals surface area (Å²) in [5, 5.41) is 0. The van der Waals surface area contributed by atoms with E-state index in [9.17, 15) is 14.4 Å². The lowest BCUT2D eigenvalue weighted by Gasteiger charge is -2.08. The van der Waals surface area contributed by atoms with Gasteiger partial charge >= 0.3 is 5.69 Å². The van der Waals surface area contributed by atoms with E-state index in [0.717, 1.165) is 5.56 Å². The van der Waals surface area contributed by atoms with Gasteiger partial charge in [0.05, 0.1) is 0 Å². The number of fused-ring (bicyclic) bond motifs is 1. The van der Waals surface area contributed by atoms with Crippen LogP contribution in [0.4, 0.5) is 0 Å². The van der Waals surface area contributed by atoms with E-state index >= 15 is 0 Å². The molecule has 0 saturated heterocycles. The smallest absolute Gasteiger partial charge is 0.322 e. The average molecular weight is 366 g/mol. The van der Waals surface area contributed by atoms with Gasteiger partial charge in [0.25, 0.3) is 5.56 Å². The van der Waals surface area contributed by atoms with Crippen LogP contribution in [0.25, 0.3) is 23.3 Å². The predicted octanol–water partition coefficient (Wildman–Crippen LogP) is 2.31. The van der Waals surface area contributed by atoms with Crippen molar-refractivity contribution in [1.82, 2.24) is 18.7 Å². The number of nitrogens with zero attached hydrogens (tertiary/aromatic N) is 4. The van der Waals surface area contributed by atoms with Crippen LogP contribution in [0.2, 0.25) is 0 Å². The molecule has 0 bridgehead atoms. The first-order chi connectivity index (χ1) is 12.9. The lowest BCUT2D eigenvalue weighted by molar-refractivity contribution is 0.101. The van der Waals surface area contributed by atoms with Crippen molar-refractivity contribution >= 4 is 29.1 Å². The topological polar surface area (TPSA) is 78.9 Å². The Morgan fingerprint density at radius 3 is 2.44 bits per heavy atom. The third kappa shape index (κ3) is 3.16. The Labute approximate surface area is 156 Å². The van der Waals surface area contributed by atoms with Gasteiger partial charge in [-0.15, -0.1) is 0 Å². The molecule has 3 rings (SSSR count). The lowest BCUT2D eigenvalue weighted by atomic mass is 10.1. The normalized spacial score (nSPS) is 11.6. The molecule has 0 aliphatic carbocycles. The highest BCUT2D eigenvalue weighted by Crippen LogP contribution is 2.14. The van der Waals surface area contributed by atoms with Crippen LogP contribution in [-0.4, -0.2) is 24.5 Å². The number of aromatic nitrogens is 4. The van der Waals surface area contributed by atoms with E-state index in [-0.39, 0.29) is 17.0 Å². The molecule has 1 aromatic carbocycles. The summed E-state index contributed by atoms with van der Waals surface area (Å²) < 4.78 is 4.42. The van der Waals surface area contributed by atoms with Gasteiger partial charge in [-0.05, 0) is 38.5 Å². The zero-order valence-electron chi connectivity index (χ0n) is 15.9. The van der Waals surface area contributed by atoms with Crippen molar-refractivity contribution in [2.45, 2.75) is 33.9 Å². The summed E-state index contributed by atoms with van der Waals surface area (Å²) in [6.07, 6.45) is 3.61. The molecule has 0 radical (unpaired) electrons. The first-order valence-electron chi connectivity index (χ1n) is 8.88. The van der Waals surface area contributed by atoms with Gasteiger partial charge in [-0.2, -0.15) is 0 Å². The van der Waals surface area contributed by atoms with E-state index in [1.165, 1.54) is 16.1 Å². The van der Waals surface area contributed by atoms with Crippen molar-refractivity contribution in [2.75, 3.05) is 0 Å². The molecule has 0 saturated carbocycles. The second-order valence-electron chi connectivity index (χ2n) is 6.29. The summed E-state index contributed by atoms with van der Waals surface area (Å²) in [5.41, 5.74) is 1.59. The molecule has 0 fully saturated rings. The molecule has 0 N–H and O–H groups in total. The third-order valence-electron chi connectivity index (χ3n) is 4.63. The standard InChI is InChI=1S/C20H22N4O3/c1-5-23-18-17(19(26)24(6-2)20(23)27)22(4)16(21-18)11-10-14-8-7-9-15(12-14)13(3)25/h7-12H,5-6H2,1-4H3. The summed E-state index contributed by atoms with van der Waals surface area (Å²) in [6.45, 7) is 5.88. The zero-order chi connectivity index (χ0) is 19.7. The van der Waals surface area contributed by atoms with Gasteiger partial charge < -0.3 is 4.57 Å². The monoisotopic (exact) mass is 366 g/mol. The number of hydrogen-bond donors (Lipinski definition) is 0. The number of carbonyl (C=O) groups excluding carboxylic acids is 1. The van der Waals surface area contributed by atoms with Crippen LogP contribution in [0.1, 0.15) is 42.5 Å². The van der Waals surface area contributed by atoms with Crippen LogP contribution in [0.3, 0.4) is 0 Å². The van der Waals surface area contributed by atoms with E-state index < -0.39 is 0 Å². The summed E-state index contributed by atoms with van der Waals surface area (Å²) in [7, 11) is 1.76. The minimum Gasteiger partial charge on any atom is -0.322 e. The molecule has 0 aliphatic heterocycles. The Hall–Kier alpha value is -3.22. The molecule has 2 heterocycles. The maximum absolute atomic E-state index is 12.7. The van der Waals surface area contributed by atoms with Crippen molar-refractivity contribution in [3.05, 3.63) is 62.1 Å². The number of imidazole rings is 1. The van der Waals surface area contributed by atoms with Gasteiger partial charge in [0.15, 0.2) is 16.9 Å². The number of carbonyl (C=O) groups is 1. The number of aryl methyl sites for hydroxylation is 2. The largest absolute Gasteiger partial charge is 0.332 e. The Morgan fingerprint density at radius 2 is 1.81 bits per heavy atom. The lowest BCUT2D eigenvalue weighted by Crippen LogP contribution is -2.39. The van der Waals surface area contributed by atoms with Crippen LogP contribution in [-0.2, 0) is 20.1 Å². The fourth-order valence-corrected chi connectivity index (χ4v) is 3.12. The minimum atomic E-state index is -0.347. The van der Waals surface area contributed by atoms with E-state index in [4.69, 9.17) is 0 Å². The van der Waals surface area contributed by atoms with Crippen molar-refractivity contribution in [3.63, 3.8) is 0 Å². The number of hydrogen-bond acceptors (Lipinski definition) is 4. The highest BCUT2D eigenvalue weighted by molar-refractivity contribution is 5.94. The highest BCUT2D eigenvalue weighted by Gasteiger charge is 2.17. The molecule has 7 nitrogen and oxygen atoms in total. The predicted molar refractivity (Wildman–Crippen MR) is 106 cm³/mol. The molecular weight excluding hydrogens is 344 g/mol. The molecule has 3 aromatic rings. The summed E-state index contributed by atoms with van der Waals surface area (Å²) >= 11 is 0. The summed E-state index contributed by atoms with van der Waals surface area (Å²) in [4.78, 5) is 41.2. The van der Waals surface area contributed by atoms with Crippen molar-refractivity contribution in [1.29, 1.82) is 0 Å². The van der Waals surface area contributed by atoms with Gasteiger partial charge in [-0.3, -0.25) is 18.7 Å². The summed E-state index contributed by atoms with van der Waals surface area (Å²) in [5.74, 6) is 0.561. The van der Waals surface area contributed by atoms with Gasteiger partial charge in [0.1, 0.15) is 5.82 Å². The van der Waals surface area contributed by atoms with Crippen molar-refractivity contribution < 1.29 is 4.79 Å². The van der Waals surface area contributed by atoms with Crippen LogP contribution >= 0.6 is 0 Å². The Bertz CT molecular complexity index is 1180. The van der Waals surface area contributed by atoms with Gasteiger partial charge in [-0.25, -0.2) is 9.78 Å². The fraction of sp³-hybridized carbons (Fsp3) is 0.300. The Kier molecular flexibility index (Phi) is 4.94. The SMILES string of the molecule is CCn1c(=O)c2c(nc(C=Cc3cccc(C(C)=O)c3)n2C)n(CC)c1=O. The molecule has 27 heavy (non-hydrogen) atoms. The Morgan fingerprint density at radius 1 is 1.11 bits per heavy atom. The van der Waals surface area contributed by atoms with Gasteiger partial charge in [-0.1, -0.05) is 24.3 Å². The highest BCUT2D eigenvalue weighted by atomic mass is 16.2. The molecule has 0 unspecified atom stereocenters. The second kappa shape index (κ2) is 7.19. The quantitative estimate of drug-likeness (QED) is 0.649. The maximum Gasteiger partial charge on any atom is 0.332 e. The van der Waals surface area contributed by atoms with Gasteiger partial charge in [0.2, 0.25) is 0 Å². The van der Waals surface area contributed by atoms with Gasteiger partial charge in [0, 0.05) is 25.7 Å². The molecule has 2 aromatic heterocycles. The fourth-order valence-electron chi connectivity index (χ4n) is 3.12. The number of ketones is 1. The van der Waals surface area contributed by atoms with E-state index in [2.05, 4.69) is 4.98 Å². The Balaban J connectivity index is 2.17. The molecule has 140 valence electrons. The molecule has 0 atom stereocenters. The van der Waals surface area contributed by atoms with E-state index in [1.54, 1.807) is 36.7 Å². The van der Waals surface area contributed by atoms with E-state index in [0.29, 0.717) is 35.6 Å². The maximum atomic E-state index is 12.7. The zero-order valence-corrected chi connectivity index (χ0v) is 15.9. The molecule has 7 heteroatoms. The molecule has 0 spiro atoms. The van der Waals surface area contributed by atoms with Crippen LogP contribution < -0.4 is 11.2 Å². The number of Topliss-reactive ketones (excluding diaryl/α,β-unsaturated/α-hetero) is 1. The molecule has 0 amide bonds. The average Bonchev–Trinajstić information content (AvgIpc) is 2.97. The molecule has 0 aliphatic rings. The van der Waals surface area contributed by atoms with Crippen LogP contribution in [0, 0.1) is 0 Å². The number of benzene rings is 1. The summed E-state index contributed by atoms with van der Waals surface area (Å²) in [6, 6.07) is 7.27. The van der Waals surface area contributed by atoms with Crippen molar-refractivity contribution in [3.8, 4) is 0 Å². The second-order valence-corrected chi connectivity index (χ2v) is 6.29. The van der Waals surface area contributed by atoms with Crippen molar-refractivity contribution in [2.24, 2.45) is 7.05 Å². The van der Waals surface area contributed by atoms with Crippen LogP contribution in [0.15, 0.2) is 33.9 Å². The first-order valence-corrected chi connectivity index (χ1v) is 8.88. The van der Waals surface area contributed by atoms with E-state index in [1.807, 2.05) is 25.1 Å². The minimum absolute atomic E-state index is 0.0000551. The van der Waals surface area contributed by atoms with Crippen LogP contribution in [0.5, 0.6) is 0 Å².